The summed E-state index contributed by atoms with van der Waals surface area (Å²) < 4.78 is 0. The Labute approximate surface area is 128 Å². The summed E-state index contributed by atoms with van der Waals surface area (Å²) in [5.74, 6) is -0.416. The molecule has 1 heterocycles. The van der Waals surface area contributed by atoms with Gasteiger partial charge in [-0.3, -0.25) is 4.79 Å². The highest BCUT2D eigenvalue weighted by Gasteiger charge is 2.30. The Morgan fingerprint density at radius 2 is 2.00 bits per heavy atom. The largest absolute Gasteiger partial charge is 0.378 e. The predicted octanol–water partition coefficient (Wildman–Crippen LogP) is 3.48. The maximum absolute atomic E-state index is 11.5. The number of nitrogens with zero attached hydrogens (tertiary/aromatic N) is 1. The molecule has 0 radical (unpaired) electrons. The van der Waals surface area contributed by atoms with Crippen molar-refractivity contribution in [3.63, 3.8) is 0 Å². The van der Waals surface area contributed by atoms with Crippen molar-refractivity contribution in [2.45, 2.75) is 13.0 Å². The van der Waals surface area contributed by atoms with Gasteiger partial charge < -0.3 is 15.3 Å². The van der Waals surface area contributed by atoms with E-state index in [1.54, 1.807) is 6.07 Å². The number of hydrogen-bond acceptors (Lipinski definition) is 3. The van der Waals surface area contributed by atoms with Crippen molar-refractivity contribution < 1.29 is 9.90 Å². The number of aliphatic hydroxyl groups excluding tert-OH is 1. The molecule has 0 saturated heterocycles. The minimum atomic E-state index is -1.14. The van der Waals surface area contributed by atoms with Crippen LogP contribution in [0.4, 0.5) is 17.1 Å². The monoisotopic (exact) mass is 302 g/mol. The van der Waals surface area contributed by atoms with Crippen molar-refractivity contribution >= 4 is 34.6 Å². The van der Waals surface area contributed by atoms with Crippen LogP contribution in [0, 0.1) is 0 Å². The van der Waals surface area contributed by atoms with E-state index in [-0.39, 0.29) is 0 Å². The zero-order valence-corrected chi connectivity index (χ0v) is 12.3. The summed E-state index contributed by atoms with van der Waals surface area (Å²) in [6.45, 7) is 2.77. The number of nitrogens with one attached hydrogen (secondary N) is 1. The minimum absolute atomic E-state index is 0.416. The average Bonchev–Trinajstić information content (AvgIpc) is 2.76. The number of para-hydroxylation sites is 1. The van der Waals surface area contributed by atoms with E-state index in [0.29, 0.717) is 16.3 Å². The van der Waals surface area contributed by atoms with Gasteiger partial charge in [0, 0.05) is 23.5 Å². The summed E-state index contributed by atoms with van der Waals surface area (Å²) in [5.41, 5.74) is 2.96. The zero-order valence-electron chi connectivity index (χ0n) is 11.5. The normalized spacial score (nSPS) is 16.5. The van der Waals surface area contributed by atoms with Crippen molar-refractivity contribution in [1.29, 1.82) is 0 Å². The second kappa shape index (κ2) is 5.39. The number of carbonyl (C=O) groups is 1. The molecular formula is C16H15ClN2O2. The SMILES string of the molecule is CCN(c1ccccc1)c1cc2c(cc1Cl)C(O)C(=O)N2. The van der Waals surface area contributed by atoms with Crippen LogP contribution in [0.15, 0.2) is 42.5 Å². The molecule has 2 aromatic carbocycles. The first-order valence-electron chi connectivity index (χ1n) is 6.76. The van der Waals surface area contributed by atoms with Crippen molar-refractivity contribution in [2.75, 3.05) is 16.8 Å². The summed E-state index contributed by atoms with van der Waals surface area (Å²) in [5, 5.41) is 13.0. The molecule has 1 aliphatic heterocycles. The number of carbonyl (C=O) groups excluding carboxylic acids is 1. The third-order valence-electron chi connectivity index (χ3n) is 3.59. The van der Waals surface area contributed by atoms with E-state index < -0.39 is 12.0 Å². The van der Waals surface area contributed by atoms with Gasteiger partial charge in [-0.2, -0.15) is 0 Å². The second-order valence-electron chi connectivity index (χ2n) is 4.86. The first kappa shape index (κ1) is 13.9. The van der Waals surface area contributed by atoms with Crippen molar-refractivity contribution in [3.8, 4) is 0 Å². The minimum Gasteiger partial charge on any atom is -0.378 e. The molecule has 1 atom stereocenters. The maximum atomic E-state index is 11.5. The van der Waals surface area contributed by atoms with Gasteiger partial charge in [0.05, 0.1) is 10.7 Å². The molecule has 0 fully saturated rings. The van der Waals surface area contributed by atoms with Crippen LogP contribution in [-0.4, -0.2) is 17.6 Å². The third kappa shape index (κ3) is 2.37. The summed E-state index contributed by atoms with van der Waals surface area (Å²) in [6, 6.07) is 13.3. The van der Waals surface area contributed by atoms with Crippen molar-refractivity contribution in [1.82, 2.24) is 0 Å². The van der Waals surface area contributed by atoms with Gasteiger partial charge in [-0.1, -0.05) is 29.8 Å². The highest BCUT2D eigenvalue weighted by molar-refractivity contribution is 6.34. The fourth-order valence-electron chi connectivity index (χ4n) is 2.56. The van der Waals surface area contributed by atoms with E-state index in [1.807, 2.05) is 43.3 Å². The number of rotatable bonds is 3. The van der Waals surface area contributed by atoms with Crippen LogP contribution in [0.3, 0.4) is 0 Å². The Hall–Kier alpha value is -2.04. The van der Waals surface area contributed by atoms with Gasteiger partial charge in [0.25, 0.3) is 5.91 Å². The number of aliphatic hydroxyl groups is 1. The summed E-state index contributed by atoms with van der Waals surface area (Å²) in [7, 11) is 0. The first-order valence-corrected chi connectivity index (χ1v) is 7.14. The molecule has 4 nitrogen and oxygen atoms in total. The van der Waals surface area contributed by atoms with Crippen molar-refractivity contribution in [2.24, 2.45) is 0 Å². The Kier molecular flexibility index (Phi) is 3.57. The van der Waals surface area contributed by atoms with Crippen molar-refractivity contribution in [3.05, 3.63) is 53.1 Å². The molecule has 3 rings (SSSR count). The molecule has 0 saturated carbocycles. The van der Waals surface area contributed by atoms with Crippen LogP contribution >= 0.6 is 11.6 Å². The number of hydrogen-bond donors (Lipinski definition) is 2. The van der Waals surface area contributed by atoms with E-state index >= 15 is 0 Å². The molecule has 108 valence electrons. The first-order chi connectivity index (χ1) is 10.1. The van der Waals surface area contributed by atoms with Gasteiger partial charge >= 0.3 is 0 Å². The molecule has 0 aromatic heterocycles. The number of benzene rings is 2. The summed E-state index contributed by atoms with van der Waals surface area (Å²) in [6.07, 6.45) is -1.14. The molecule has 0 aliphatic carbocycles. The fourth-order valence-corrected chi connectivity index (χ4v) is 2.83. The maximum Gasteiger partial charge on any atom is 0.257 e. The van der Waals surface area contributed by atoms with Crippen LogP contribution in [-0.2, 0) is 4.79 Å². The molecule has 1 unspecified atom stereocenters. The third-order valence-corrected chi connectivity index (χ3v) is 3.90. The van der Waals surface area contributed by atoms with E-state index in [4.69, 9.17) is 11.6 Å². The van der Waals surface area contributed by atoms with Crippen LogP contribution in [0.25, 0.3) is 0 Å². The van der Waals surface area contributed by atoms with Gasteiger partial charge in [0.15, 0.2) is 6.10 Å². The topological polar surface area (TPSA) is 52.6 Å². The Morgan fingerprint density at radius 3 is 2.67 bits per heavy atom. The Bertz CT molecular complexity index is 688. The lowest BCUT2D eigenvalue weighted by Gasteiger charge is -2.25. The van der Waals surface area contributed by atoms with Crippen LogP contribution in [0.5, 0.6) is 0 Å². The molecule has 2 N–H and O–H groups in total. The number of anilines is 3. The van der Waals surface area contributed by atoms with E-state index in [2.05, 4.69) is 10.2 Å². The van der Waals surface area contributed by atoms with Crippen LogP contribution in [0.2, 0.25) is 5.02 Å². The van der Waals surface area contributed by atoms with Crippen LogP contribution < -0.4 is 10.2 Å². The molecule has 21 heavy (non-hydrogen) atoms. The molecule has 5 heteroatoms. The van der Waals surface area contributed by atoms with E-state index in [1.165, 1.54) is 0 Å². The molecule has 0 spiro atoms. The lowest BCUT2D eigenvalue weighted by atomic mass is 10.1. The van der Waals surface area contributed by atoms with Gasteiger partial charge in [-0.05, 0) is 31.2 Å². The molecule has 1 amide bonds. The van der Waals surface area contributed by atoms with E-state index in [9.17, 15) is 9.90 Å². The molecule has 1 aliphatic rings. The lowest BCUT2D eigenvalue weighted by molar-refractivity contribution is -0.123. The summed E-state index contributed by atoms with van der Waals surface area (Å²) in [4.78, 5) is 13.6. The van der Waals surface area contributed by atoms with Gasteiger partial charge in [-0.15, -0.1) is 0 Å². The predicted molar refractivity (Wildman–Crippen MR) is 84.2 cm³/mol. The Morgan fingerprint density at radius 1 is 1.29 bits per heavy atom. The highest BCUT2D eigenvalue weighted by atomic mass is 35.5. The highest BCUT2D eigenvalue weighted by Crippen LogP contribution is 2.40. The number of halogens is 1. The quantitative estimate of drug-likeness (QED) is 0.912. The van der Waals surface area contributed by atoms with E-state index in [0.717, 1.165) is 17.9 Å². The molecule has 2 aromatic rings. The lowest BCUT2D eigenvalue weighted by Crippen LogP contribution is -2.16. The summed E-state index contributed by atoms with van der Waals surface area (Å²) >= 11 is 6.35. The van der Waals surface area contributed by atoms with Crippen LogP contribution in [0.1, 0.15) is 18.6 Å². The van der Waals surface area contributed by atoms with Gasteiger partial charge in [0.1, 0.15) is 0 Å². The number of amides is 1. The smallest absolute Gasteiger partial charge is 0.257 e. The standard InChI is InChI=1S/C16H15ClN2O2/c1-2-19(10-6-4-3-5-7-10)14-9-13-11(8-12(14)17)15(20)16(21)18-13/h3-9,15,20H,2H2,1H3,(H,18,21). The molecule has 0 bridgehead atoms. The number of fused-ring (bicyclic) bond motifs is 1. The van der Waals surface area contributed by atoms with Gasteiger partial charge in [0.2, 0.25) is 0 Å². The fraction of sp³-hybridized carbons (Fsp3) is 0.188. The zero-order chi connectivity index (χ0) is 15.0. The second-order valence-corrected chi connectivity index (χ2v) is 5.27. The molecular weight excluding hydrogens is 288 g/mol. The Balaban J connectivity index is 2.07. The van der Waals surface area contributed by atoms with Gasteiger partial charge in [-0.25, -0.2) is 0 Å². The average molecular weight is 303 g/mol.